The zero-order chi connectivity index (χ0) is 12.3. The van der Waals surface area contributed by atoms with Crippen molar-refractivity contribution in [2.75, 3.05) is 11.9 Å². The Morgan fingerprint density at radius 2 is 2.24 bits per heavy atom. The molecule has 1 aromatic rings. The molecule has 1 aliphatic carbocycles. The van der Waals surface area contributed by atoms with Gasteiger partial charge in [-0.2, -0.15) is 0 Å². The molecule has 17 heavy (non-hydrogen) atoms. The van der Waals surface area contributed by atoms with Gasteiger partial charge in [0, 0.05) is 6.04 Å². The Labute approximate surface area is 105 Å². The number of carbonyl (C=O) groups excluding carboxylic acids is 1. The zero-order valence-electron chi connectivity index (χ0n) is 10.3. The highest BCUT2D eigenvalue weighted by Gasteiger charge is 2.20. The fourth-order valence-corrected chi connectivity index (χ4v) is 3.03. The summed E-state index contributed by atoms with van der Waals surface area (Å²) in [5.41, 5.74) is 0.758. The van der Waals surface area contributed by atoms with E-state index in [0.29, 0.717) is 17.5 Å². The van der Waals surface area contributed by atoms with Crippen LogP contribution < -0.4 is 5.32 Å². The standard InChI is InChI=1S/C12H18N2O2S/c1-3-16-11(15)10-8(2)13-12(17-10)14-9-6-4-5-7-9/h9H,3-7H2,1-2H3,(H,13,14). The highest BCUT2D eigenvalue weighted by Crippen LogP contribution is 2.27. The highest BCUT2D eigenvalue weighted by atomic mass is 32.1. The van der Waals surface area contributed by atoms with Gasteiger partial charge in [0.2, 0.25) is 0 Å². The van der Waals surface area contributed by atoms with E-state index in [0.717, 1.165) is 10.8 Å². The molecular weight excluding hydrogens is 236 g/mol. The SMILES string of the molecule is CCOC(=O)c1sc(NC2CCCC2)nc1C. The monoisotopic (exact) mass is 254 g/mol. The molecule has 0 bridgehead atoms. The Bertz CT molecular complexity index is 397. The van der Waals surface area contributed by atoms with Crippen molar-refractivity contribution in [3.8, 4) is 0 Å². The average molecular weight is 254 g/mol. The van der Waals surface area contributed by atoms with Crippen molar-refractivity contribution >= 4 is 22.4 Å². The number of nitrogens with zero attached hydrogens (tertiary/aromatic N) is 1. The van der Waals surface area contributed by atoms with Gasteiger partial charge >= 0.3 is 5.97 Å². The molecule has 5 heteroatoms. The molecule has 1 aromatic heterocycles. The molecule has 0 spiro atoms. The van der Waals surface area contributed by atoms with Crippen LogP contribution in [-0.2, 0) is 4.74 Å². The summed E-state index contributed by atoms with van der Waals surface area (Å²) in [6.45, 7) is 4.07. The third kappa shape index (κ3) is 2.97. The van der Waals surface area contributed by atoms with Gasteiger partial charge in [-0.1, -0.05) is 24.2 Å². The van der Waals surface area contributed by atoms with Crippen molar-refractivity contribution in [2.24, 2.45) is 0 Å². The lowest BCUT2D eigenvalue weighted by Gasteiger charge is -2.09. The van der Waals surface area contributed by atoms with Gasteiger partial charge in [-0.05, 0) is 26.7 Å². The molecule has 0 atom stereocenters. The number of aryl methyl sites for hydroxylation is 1. The largest absolute Gasteiger partial charge is 0.462 e. The Morgan fingerprint density at radius 1 is 1.53 bits per heavy atom. The van der Waals surface area contributed by atoms with Crippen molar-refractivity contribution in [3.05, 3.63) is 10.6 Å². The third-order valence-corrected chi connectivity index (χ3v) is 4.01. The second-order valence-electron chi connectivity index (χ2n) is 4.28. The molecule has 2 rings (SSSR count). The van der Waals surface area contributed by atoms with E-state index in [1.807, 2.05) is 13.8 Å². The highest BCUT2D eigenvalue weighted by molar-refractivity contribution is 7.17. The number of aromatic nitrogens is 1. The third-order valence-electron chi connectivity index (χ3n) is 2.94. The summed E-state index contributed by atoms with van der Waals surface area (Å²) in [6, 6.07) is 0.524. The maximum Gasteiger partial charge on any atom is 0.350 e. The number of carbonyl (C=O) groups is 1. The summed E-state index contributed by atoms with van der Waals surface area (Å²) in [5.74, 6) is -0.262. The first-order valence-electron chi connectivity index (χ1n) is 6.11. The fraction of sp³-hybridized carbons (Fsp3) is 0.667. The van der Waals surface area contributed by atoms with Gasteiger partial charge in [-0.25, -0.2) is 9.78 Å². The van der Waals surface area contributed by atoms with Crippen LogP contribution in [0.4, 0.5) is 5.13 Å². The second kappa shape index (κ2) is 5.49. The maximum atomic E-state index is 11.6. The Balaban J connectivity index is 2.04. The molecule has 0 aliphatic heterocycles. The van der Waals surface area contributed by atoms with E-state index < -0.39 is 0 Å². The summed E-state index contributed by atoms with van der Waals surface area (Å²) >= 11 is 1.40. The first-order valence-corrected chi connectivity index (χ1v) is 6.93. The number of thiazole rings is 1. The fourth-order valence-electron chi connectivity index (χ4n) is 2.09. The van der Waals surface area contributed by atoms with E-state index in [4.69, 9.17) is 4.74 Å². The van der Waals surface area contributed by atoms with Crippen LogP contribution in [0.5, 0.6) is 0 Å². The second-order valence-corrected chi connectivity index (χ2v) is 5.28. The predicted octanol–water partition coefficient (Wildman–Crippen LogP) is 2.98. The van der Waals surface area contributed by atoms with Gasteiger partial charge in [-0.15, -0.1) is 0 Å². The first kappa shape index (κ1) is 12.4. The lowest BCUT2D eigenvalue weighted by atomic mass is 10.3. The number of esters is 1. The topological polar surface area (TPSA) is 51.2 Å². The Morgan fingerprint density at radius 3 is 2.88 bits per heavy atom. The smallest absolute Gasteiger partial charge is 0.350 e. The molecule has 1 fully saturated rings. The minimum atomic E-state index is -0.262. The quantitative estimate of drug-likeness (QED) is 0.839. The molecule has 1 N–H and O–H groups in total. The van der Waals surface area contributed by atoms with Crippen LogP contribution >= 0.6 is 11.3 Å². The van der Waals surface area contributed by atoms with Gasteiger partial charge in [0.25, 0.3) is 0 Å². The lowest BCUT2D eigenvalue weighted by Crippen LogP contribution is -2.13. The van der Waals surface area contributed by atoms with E-state index in [-0.39, 0.29) is 5.97 Å². The number of hydrogen-bond acceptors (Lipinski definition) is 5. The Kier molecular flexibility index (Phi) is 3.99. The summed E-state index contributed by atoms with van der Waals surface area (Å²) in [7, 11) is 0. The molecule has 1 saturated carbocycles. The summed E-state index contributed by atoms with van der Waals surface area (Å²) < 4.78 is 5.00. The minimum Gasteiger partial charge on any atom is -0.462 e. The van der Waals surface area contributed by atoms with E-state index >= 15 is 0 Å². The van der Waals surface area contributed by atoms with Crippen molar-refractivity contribution in [3.63, 3.8) is 0 Å². The van der Waals surface area contributed by atoms with Crippen LogP contribution in [0, 0.1) is 6.92 Å². The first-order chi connectivity index (χ1) is 8.20. The number of ether oxygens (including phenoxy) is 1. The minimum absolute atomic E-state index is 0.262. The summed E-state index contributed by atoms with van der Waals surface area (Å²) in [5, 5.41) is 4.24. The number of rotatable bonds is 4. The van der Waals surface area contributed by atoms with Crippen molar-refractivity contribution in [1.82, 2.24) is 4.98 Å². The van der Waals surface area contributed by atoms with Crippen LogP contribution in [0.2, 0.25) is 0 Å². The lowest BCUT2D eigenvalue weighted by molar-refractivity contribution is 0.0531. The molecule has 0 aromatic carbocycles. The van der Waals surface area contributed by atoms with Crippen LogP contribution in [0.3, 0.4) is 0 Å². The van der Waals surface area contributed by atoms with Crippen LogP contribution in [0.25, 0.3) is 0 Å². The molecule has 1 heterocycles. The van der Waals surface area contributed by atoms with E-state index in [2.05, 4.69) is 10.3 Å². The van der Waals surface area contributed by atoms with Crippen molar-refractivity contribution in [1.29, 1.82) is 0 Å². The van der Waals surface area contributed by atoms with Gasteiger partial charge in [0.15, 0.2) is 5.13 Å². The van der Waals surface area contributed by atoms with Gasteiger partial charge in [0.05, 0.1) is 12.3 Å². The summed E-state index contributed by atoms with van der Waals surface area (Å²) in [6.07, 6.45) is 4.97. The molecule has 0 unspecified atom stereocenters. The van der Waals surface area contributed by atoms with E-state index in [9.17, 15) is 4.79 Å². The van der Waals surface area contributed by atoms with Crippen LogP contribution in [0.1, 0.15) is 48.0 Å². The van der Waals surface area contributed by atoms with E-state index in [1.54, 1.807) is 0 Å². The van der Waals surface area contributed by atoms with Gasteiger partial charge < -0.3 is 10.1 Å². The summed E-state index contributed by atoms with van der Waals surface area (Å²) in [4.78, 5) is 16.6. The Hall–Kier alpha value is -1.10. The number of nitrogens with one attached hydrogen (secondary N) is 1. The molecule has 1 aliphatic rings. The van der Waals surface area contributed by atoms with Gasteiger partial charge in [0.1, 0.15) is 4.88 Å². The normalized spacial score (nSPS) is 16.1. The molecule has 0 saturated heterocycles. The van der Waals surface area contributed by atoms with Gasteiger partial charge in [-0.3, -0.25) is 0 Å². The maximum absolute atomic E-state index is 11.6. The van der Waals surface area contributed by atoms with Crippen molar-refractivity contribution < 1.29 is 9.53 Å². The molecule has 94 valence electrons. The van der Waals surface area contributed by atoms with Crippen molar-refractivity contribution in [2.45, 2.75) is 45.6 Å². The zero-order valence-corrected chi connectivity index (χ0v) is 11.1. The molecule has 0 amide bonds. The number of hydrogen-bond donors (Lipinski definition) is 1. The average Bonchev–Trinajstić information content (AvgIpc) is 2.89. The molecular formula is C12H18N2O2S. The molecule has 0 radical (unpaired) electrons. The van der Waals surface area contributed by atoms with Crippen LogP contribution in [-0.4, -0.2) is 23.6 Å². The van der Waals surface area contributed by atoms with E-state index in [1.165, 1.54) is 37.0 Å². The number of anilines is 1. The van der Waals surface area contributed by atoms with Crippen LogP contribution in [0.15, 0.2) is 0 Å². The molecule has 4 nitrogen and oxygen atoms in total. The predicted molar refractivity (Wildman–Crippen MR) is 68.7 cm³/mol.